The highest BCUT2D eigenvalue weighted by atomic mass is 16.6. The SMILES string of the molecule is CN(C)CCNc1ccc([N+](=O)[O-])c2ccncc12. The Morgan fingerprint density at radius 3 is 2.79 bits per heavy atom. The Bertz CT molecular complexity index is 598. The lowest BCUT2D eigenvalue weighted by Gasteiger charge is -2.13. The Morgan fingerprint density at radius 1 is 1.32 bits per heavy atom. The van der Waals surface area contributed by atoms with Crippen molar-refractivity contribution in [1.29, 1.82) is 0 Å². The van der Waals surface area contributed by atoms with Crippen LogP contribution in [0.1, 0.15) is 0 Å². The zero-order valence-electron chi connectivity index (χ0n) is 11.0. The lowest BCUT2D eigenvalue weighted by molar-refractivity contribution is -0.383. The second kappa shape index (κ2) is 5.62. The molecule has 2 rings (SSSR count). The first-order chi connectivity index (χ1) is 9.09. The van der Waals surface area contributed by atoms with Crippen LogP contribution in [-0.2, 0) is 0 Å². The first-order valence-electron chi connectivity index (χ1n) is 5.99. The zero-order chi connectivity index (χ0) is 13.8. The Balaban J connectivity index is 2.36. The van der Waals surface area contributed by atoms with Gasteiger partial charge in [0, 0.05) is 42.6 Å². The van der Waals surface area contributed by atoms with Crippen molar-refractivity contribution in [2.45, 2.75) is 0 Å². The maximum absolute atomic E-state index is 11.0. The quantitative estimate of drug-likeness (QED) is 0.658. The van der Waals surface area contributed by atoms with Crippen LogP contribution in [0.2, 0.25) is 0 Å². The van der Waals surface area contributed by atoms with Gasteiger partial charge in [-0.25, -0.2) is 0 Å². The van der Waals surface area contributed by atoms with Gasteiger partial charge in [-0.15, -0.1) is 0 Å². The molecule has 0 saturated heterocycles. The minimum Gasteiger partial charge on any atom is -0.383 e. The summed E-state index contributed by atoms with van der Waals surface area (Å²) in [6, 6.07) is 4.93. The van der Waals surface area contributed by atoms with Crippen molar-refractivity contribution in [3.05, 3.63) is 40.7 Å². The first kappa shape index (κ1) is 13.2. The molecule has 0 aliphatic heterocycles. The van der Waals surface area contributed by atoms with Crippen LogP contribution in [0.3, 0.4) is 0 Å². The van der Waals surface area contributed by atoms with Crippen LogP contribution in [0.15, 0.2) is 30.6 Å². The molecule has 1 aromatic heterocycles. The molecular formula is C13H16N4O2. The summed E-state index contributed by atoms with van der Waals surface area (Å²) in [6.45, 7) is 1.66. The van der Waals surface area contributed by atoms with Crippen LogP contribution in [-0.4, -0.2) is 42.0 Å². The standard InChI is InChI=1S/C13H16N4O2/c1-16(2)8-7-15-12-3-4-13(17(18)19)10-5-6-14-9-11(10)12/h3-6,9,15H,7-8H2,1-2H3. The summed E-state index contributed by atoms with van der Waals surface area (Å²) in [7, 11) is 3.99. The molecule has 1 heterocycles. The number of nitrogens with zero attached hydrogens (tertiary/aromatic N) is 3. The Kier molecular flexibility index (Phi) is 3.91. The van der Waals surface area contributed by atoms with Gasteiger partial charge in [0.25, 0.3) is 5.69 Å². The van der Waals surface area contributed by atoms with Gasteiger partial charge in [-0.2, -0.15) is 0 Å². The second-order valence-corrected chi connectivity index (χ2v) is 4.54. The van der Waals surface area contributed by atoms with E-state index in [1.165, 1.54) is 6.07 Å². The van der Waals surface area contributed by atoms with Crippen LogP contribution in [0, 0.1) is 10.1 Å². The molecule has 0 bridgehead atoms. The summed E-state index contributed by atoms with van der Waals surface area (Å²) in [5.41, 5.74) is 0.978. The molecule has 0 saturated carbocycles. The predicted octanol–water partition coefficient (Wildman–Crippen LogP) is 2.12. The summed E-state index contributed by atoms with van der Waals surface area (Å²) in [5, 5.41) is 15.6. The van der Waals surface area contributed by atoms with Crippen molar-refractivity contribution in [2.75, 3.05) is 32.5 Å². The van der Waals surface area contributed by atoms with Crippen LogP contribution in [0.5, 0.6) is 0 Å². The van der Waals surface area contributed by atoms with Crippen molar-refractivity contribution in [3.63, 3.8) is 0 Å². The molecule has 1 N–H and O–H groups in total. The molecule has 0 radical (unpaired) electrons. The smallest absolute Gasteiger partial charge is 0.277 e. The average Bonchev–Trinajstić information content (AvgIpc) is 2.38. The molecule has 6 heteroatoms. The summed E-state index contributed by atoms with van der Waals surface area (Å²) >= 11 is 0. The molecule has 19 heavy (non-hydrogen) atoms. The van der Waals surface area contributed by atoms with E-state index < -0.39 is 0 Å². The molecule has 0 aliphatic carbocycles. The fourth-order valence-corrected chi connectivity index (χ4v) is 1.90. The van der Waals surface area contributed by atoms with Crippen molar-refractivity contribution in [2.24, 2.45) is 0 Å². The molecule has 0 fully saturated rings. The third-order valence-corrected chi connectivity index (χ3v) is 2.87. The van der Waals surface area contributed by atoms with E-state index in [1.54, 1.807) is 24.5 Å². The third kappa shape index (κ3) is 2.97. The van der Waals surface area contributed by atoms with Crippen molar-refractivity contribution >= 4 is 22.1 Å². The van der Waals surface area contributed by atoms with Gasteiger partial charge in [0.15, 0.2) is 0 Å². The lowest BCUT2D eigenvalue weighted by Crippen LogP contribution is -2.20. The minimum absolute atomic E-state index is 0.107. The van der Waals surface area contributed by atoms with Crippen LogP contribution < -0.4 is 5.32 Å². The number of rotatable bonds is 5. The first-order valence-corrected chi connectivity index (χ1v) is 5.99. The highest BCUT2D eigenvalue weighted by molar-refractivity contribution is 5.99. The monoisotopic (exact) mass is 260 g/mol. The average molecular weight is 260 g/mol. The molecule has 0 amide bonds. The van der Waals surface area contributed by atoms with Gasteiger partial charge in [0.2, 0.25) is 0 Å². The van der Waals surface area contributed by atoms with E-state index in [2.05, 4.69) is 15.2 Å². The Hall–Kier alpha value is -2.21. The normalized spacial score (nSPS) is 10.9. The molecule has 0 spiro atoms. The largest absolute Gasteiger partial charge is 0.383 e. The Labute approximate surface area is 111 Å². The summed E-state index contributed by atoms with van der Waals surface area (Å²) in [4.78, 5) is 16.7. The van der Waals surface area contributed by atoms with Crippen LogP contribution in [0.4, 0.5) is 11.4 Å². The third-order valence-electron chi connectivity index (χ3n) is 2.87. The van der Waals surface area contributed by atoms with E-state index in [0.717, 1.165) is 24.2 Å². The summed E-state index contributed by atoms with van der Waals surface area (Å²) in [6.07, 6.45) is 3.22. The number of hydrogen-bond donors (Lipinski definition) is 1. The van der Waals surface area contributed by atoms with Crippen LogP contribution >= 0.6 is 0 Å². The molecule has 0 aliphatic rings. The maximum Gasteiger partial charge on any atom is 0.277 e. The number of hydrogen-bond acceptors (Lipinski definition) is 5. The van der Waals surface area contributed by atoms with Gasteiger partial charge in [0.05, 0.1) is 10.3 Å². The van der Waals surface area contributed by atoms with Crippen molar-refractivity contribution in [3.8, 4) is 0 Å². The van der Waals surface area contributed by atoms with Gasteiger partial charge >= 0.3 is 0 Å². The molecule has 1 aromatic carbocycles. The predicted molar refractivity (Wildman–Crippen MR) is 75.4 cm³/mol. The number of pyridine rings is 1. The molecule has 6 nitrogen and oxygen atoms in total. The van der Waals surface area contributed by atoms with Crippen molar-refractivity contribution in [1.82, 2.24) is 9.88 Å². The van der Waals surface area contributed by atoms with Gasteiger partial charge in [-0.05, 0) is 26.2 Å². The fraction of sp³-hybridized carbons (Fsp3) is 0.308. The molecule has 0 atom stereocenters. The number of nitro groups is 1. The molecule has 100 valence electrons. The van der Waals surface area contributed by atoms with E-state index >= 15 is 0 Å². The molecule has 2 aromatic rings. The zero-order valence-corrected chi connectivity index (χ0v) is 11.0. The lowest BCUT2D eigenvalue weighted by atomic mass is 10.1. The molecular weight excluding hydrogens is 244 g/mol. The number of nitrogens with one attached hydrogen (secondary N) is 1. The fourth-order valence-electron chi connectivity index (χ4n) is 1.90. The second-order valence-electron chi connectivity index (χ2n) is 4.54. The number of likely N-dealkylation sites (N-methyl/N-ethyl adjacent to an activating group) is 1. The van der Waals surface area contributed by atoms with Gasteiger partial charge in [-0.1, -0.05) is 0 Å². The number of nitro benzene ring substituents is 1. The number of non-ortho nitro benzene ring substituents is 1. The van der Waals surface area contributed by atoms with Gasteiger partial charge in [0.1, 0.15) is 0 Å². The van der Waals surface area contributed by atoms with Crippen LogP contribution in [0.25, 0.3) is 10.8 Å². The number of benzene rings is 1. The van der Waals surface area contributed by atoms with E-state index in [-0.39, 0.29) is 10.6 Å². The minimum atomic E-state index is -0.369. The van der Waals surface area contributed by atoms with E-state index in [9.17, 15) is 10.1 Å². The van der Waals surface area contributed by atoms with E-state index in [0.29, 0.717) is 5.39 Å². The topological polar surface area (TPSA) is 71.3 Å². The van der Waals surface area contributed by atoms with Crippen molar-refractivity contribution < 1.29 is 4.92 Å². The van der Waals surface area contributed by atoms with Gasteiger partial charge in [-0.3, -0.25) is 15.1 Å². The van der Waals surface area contributed by atoms with Gasteiger partial charge < -0.3 is 10.2 Å². The number of fused-ring (bicyclic) bond motifs is 1. The molecule has 0 unspecified atom stereocenters. The van der Waals surface area contributed by atoms with E-state index in [1.807, 2.05) is 14.1 Å². The number of anilines is 1. The maximum atomic E-state index is 11.0. The summed E-state index contributed by atoms with van der Waals surface area (Å²) < 4.78 is 0. The Morgan fingerprint density at radius 2 is 2.11 bits per heavy atom. The summed E-state index contributed by atoms with van der Waals surface area (Å²) in [5.74, 6) is 0. The highest BCUT2D eigenvalue weighted by Crippen LogP contribution is 2.30. The number of aromatic nitrogens is 1. The van der Waals surface area contributed by atoms with E-state index in [4.69, 9.17) is 0 Å². The highest BCUT2D eigenvalue weighted by Gasteiger charge is 2.13.